The molecular weight excluding hydrogens is 252 g/mol. The van der Waals surface area contributed by atoms with Gasteiger partial charge < -0.3 is 14.8 Å². The maximum Gasteiger partial charge on any atom is 0.269 e. The zero-order chi connectivity index (χ0) is 14.0. The van der Waals surface area contributed by atoms with E-state index in [1.165, 1.54) is 23.1 Å². The number of aliphatic carboxylic acids is 1. The first kappa shape index (κ1) is 12.7. The number of nitro benzene ring substituents is 1. The molecule has 1 aliphatic heterocycles. The first-order valence-corrected chi connectivity index (χ1v) is 5.47. The zero-order valence-electron chi connectivity index (χ0n) is 9.74. The highest BCUT2D eigenvalue weighted by Crippen LogP contribution is 2.31. The molecule has 2 rings (SSSR count). The van der Waals surface area contributed by atoms with Crippen molar-refractivity contribution in [3.63, 3.8) is 0 Å². The van der Waals surface area contributed by atoms with E-state index in [2.05, 4.69) is 0 Å². The minimum Gasteiger partial charge on any atom is -0.545 e. The third-order valence-corrected chi connectivity index (χ3v) is 2.80. The van der Waals surface area contributed by atoms with Crippen LogP contribution in [0.1, 0.15) is 5.56 Å². The molecule has 0 saturated heterocycles. The average Bonchev–Trinajstić information content (AvgIpc) is 2.78. The Morgan fingerprint density at radius 1 is 1.32 bits per heavy atom. The molecule has 0 N–H and O–H groups in total. The molecular formula is C12H9N2O5-. The monoisotopic (exact) mass is 261 g/mol. The van der Waals surface area contributed by atoms with Crippen molar-refractivity contribution in [2.75, 3.05) is 11.4 Å². The maximum atomic E-state index is 11.7. The molecule has 1 aromatic carbocycles. The number of carboxylic acid groups (broad SMARTS) is 1. The van der Waals surface area contributed by atoms with Gasteiger partial charge in [0, 0.05) is 30.4 Å². The molecule has 0 unspecified atom stereocenters. The molecule has 0 bridgehead atoms. The summed E-state index contributed by atoms with van der Waals surface area (Å²) in [7, 11) is 0. The van der Waals surface area contributed by atoms with Crippen LogP contribution in [-0.4, -0.2) is 23.3 Å². The fourth-order valence-corrected chi connectivity index (χ4v) is 1.96. The number of carboxylic acids is 1. The van der Waals surface area contributed by atoms with Gasteiger partial charge in [-0.25, -0.2) is 0 Å². The minimum atomic E-state index is -1.45. The minimum absolute atomic E-state index is 0.0293. The molecule has 0 atom stereocenters. The van der Waals surface area contributed by atoms with Gasteiger partial charge in [-0.05, 0) is 24.1 Å². The Hall–Kier alpha value is -2.70. The number of benzene rings is 1. The zero-order valence-corrected chi connectivity index (χ0v) is 9.74. The van der Waals surface area contributed by atoms with Gasteiger partial charge in [-0.3, -0.25) is 14.9 Å². The fraction of sp³-hybridized carbons (Fsp3) is 0.167. The molecule has 7 nitrogen and oxygen atoms in total. The van der Waals surface area contributed by atoms with E-state index in [1.807, 2.05) is 0 Å². The summed E-state index contributed by atoms with van der Waals surface area (Å²) >= 11 is 0. The summed E-state index contributed by atoms with van der Waals surface area (Å²) < 4.78 is 0. The Morgan fingerprint density at radius 3 is 2.68 bits per heavy atom. The van der Waals surface area contributed by atoms with Crippen molar-refractivity contribution in [3.8, 4) is 0 Å². The van der Waals surface area contributed by atoms with Gasteiger partial charge in [0.1, 0.15) is 0 Å². The number of amides is 1. The number of hydrogen-bond donors (Lipinski definition) is 0. The molecule has 7 heteroatoms. The molecule has 19 heavy (non-hydrogen) atoms. The highest BCUT2D eigenvalue weighted by Gasteiger charge is 2.24. The number of fused-ring (bicyclic) bond motifs is 1. The Morgan fingerprint density at radius 2 is 2.05 bits per heavy atom. The molecule has 1 aliphatic rings. The molecule has 0 saturated carbocycles. The van der Waals surface area contributed by atoms with Crippen molar-refractivity contribution in [1.82, 2.24) is 0 Å². The van der Waals surface area contributed by atoms with Crippen LogP contribution in [0.5, 0.6) is 0 Å². The molecule has 1 amide bonds. The normalized spacial score (nSPS) is 13.6. The molecule has 0 aliphatic carbocycles. The van der Waals surface area contributed by atoms with Crippen molar-refractivity contribution >= 4 is 23.3 Å². The van der Waals surface area contributed by atoms with Gasteiger partial charge >= 0.3 is 0 Å². The number of anilines is 1. The topological polar surface area (TPSA) is 104 Å². The van der Waals surface area contributed by atoms with Crippen LogP contribution in [-0.2, 0) is 16.0 Å². The van der Waals surface area contributed by atoms with E-state index < -0.39 is 16.8 Å². The molecule has 0 radical (unpaired) electrons. The number of carbonyl (C=O) groups excluding carboxylic acids is 2. The van der Waals surface area contributed by atoms with Crippen LogP contribution in [0.25, 0.3) is 0 Å². The summed E-state index contributed by atoms with van der Waals surface area (Å²) in [6.07, 6.45) is 2.07. The number of rotatable bonds is 3. The quantitative estimate of drug-likeness (QED) is 0.425. The molecule has 1 heterocycles. The summed E-state index contributed by atoms with van der Waals surface area (Å²) in [6, 6.07) is 4.23. The fourth-order valence-electron chi connectivity index (χ4n) is 1.96. The summed E-state index contributed by atoms with van der Waals surface area (Å²) in [6.45, 7) is 0.368. The number of non-ortho nitro benzene ring substituents is 1. The van der Waals surface area contributed by atoms with Crippen LogP contribution < -0.4 is 10.0 Å². The lowest BCUT2D eigenvalue weighted by Gasteiger charge is -2.14. The Bertz CT molecular complexity index is 594. The van der Waals surface area contributed by atoms with Crippen molar-refractivity contribution in [2.24, 2.45) is 0 Å². The Balaban J connectivity index is 2.25. The van der Waals surface area contributed by atoms with E-state index in [4.69, 9.17) is 0 Å². The highest BCUT2D eigenvalue weighted by molar-refractivity contribution is 6.05. The van der Waals surface area contributed by atoms with Gasteiger partial charge in [0.05, 0.1) is 10.9 Å². The van der Waals surface area contributed by atoms with E-state index in [0.717, 1.165) is 6.08 Å². The van der Waals surface area contributed by atoms with Gasteiger partial charge in [0.15, 0.2) is 0 Å². The van der Waals surface area contributed by atoms with Crippen LogP contribution in [0.15, 0.2) is 30.4 Å². The van der Waals surface area contributed by atoms with E-state index in [9.17, 15) is 24.8 Å². The summed E-state index contributed by atoms with van der Waals surface area (Å²) in [5, 5.41) is 20.9. The molecule has 0 aromatic heterocycles. The van der Waals surface area contributed by atoms with Crippen molar-refractivity contribution in [1.29, 1.82) is 0 Å². The third kappa shape index (κ3) is 2.59. The predicted octanol–water partition coefficient (Wildman–Crippen LogP) is -0.210. The molecule has 0 fully saturated rings. The molecule has 1 aromatic rings. The second-order valence-electron chi connectivity index (χ2n) is 3.96. The van der Waals surface area contributed by atoms with Crippen LogP contribution in [0.4, 0.5) is 11.4 Å². The van der Waals surface area contributed by atoms with Crippen molar-refractivity contribution in [3.05, 3.63) is 46.0 Å². The van der Waals surface area contributed by atoms with E-state index in [-0.39, 0.29) is 5.69 Å². The van der Waals surface area contributed by atoms with Crippen LogP contribution in [0.2, 0.25) is 0 Å². The van der Waals surface area contributed by atoms with Crippen LogP contribution in [0, 0.1) is 10.1 Å². The molecule has 98 valence electrons. The van der Waals surface area contributed by atoms with Crippen molar-refractivity contribution < 1.29 is 19.6 Å². The van der Waals surface area contributed by atoms with Gasteiger partial charge in [-0.1, -0.05) is 0 Å². The van der Waals surface area contributed by atoms with Crippen LogP contribution in [0.3, 0.4) is 0 Å². The first-order chi connectivity index (χ1) is 8.99. The van der Waals surface area contributed by atoms with Gasteiger partial charge in [-0.15, -0.1) is 0 Å². The number of nitro groups is 1. The third-order valence-electron chi connectivity index (χ3n) is 2.80. The SMILES string of the molecule is O=C([O-])/C=C/C(=O)N1CCc2cc([N+](=O)[O-])ccc21. The second kappa shape index (κ2) is 4.89. The standard InChI is InChI=1S/C12H10N2O5/c15-11(3-4-12(16)17)13-6-5-8-7-9(14(18)19)1-2-10(8)13/h1-4,7H,5-6H2,(H,16,17)/p-1/b4-3+. The Kier molecular flexibility index (Phi) is 3.28. The van der Waals surface area contributed by atoms with Gasteiger partial charge in [0.25, 0.3) is 11.6 Å². The van der Waals surface area contributed by atoms with Crippen molar-refractivity contribution in [2.45, 2.75) is 6.42 Å². The highest BCUT2D eigenvalue weighted by atomic mass is 16.6. The number of hydrogen-bond acceptors (Lipinski definition) is 5. The van der Waals surface area contributed by atoms with E-state index >= 15 is 0 Å². The van der Waals surface area contributed by atoms with Gasteiger partial charge in [-0.2, -0.15) is 0 Å². The average molecular weight is 261 g/mol. The second-order valence-corrected chi connectivity index (χ2v) is 3.96. The lowest BCUT2D eigenvalue weighted by Crippen LogP contribution is -2.28. The maximum absolute atomic E-state index is 11.7. The number of nitrogens with zero attached hydrogens (tertiary/aromatic N) is 2. The van der Waals surface area contributed by atoms with Gasteiger partial charge in [0.2, 0.25) is 0 Å². The van der Waals surface area contributed by atoms with Crippen LogP contribution >= 0.6 is 0 Å². The van der Waals surface area contributed by atoms with E-state index in [1.54, 1.807) is 0 Å². The smallest absolute Gasteiger partial charge is 0.269 e. The Labute approximate surface area is 107 Å². The van der Waals surface area contributed by atoms with E-state index in [0.29, 0.717) is 30.3 Å². The predicted molar refractivity (Wildman–Crippen MR) is 63.3 cm³/mol. The summed E-state index contributed by atoms with van der Waals surface area (Å²) in [4.78, 5) is 33.5. The largest absolute Gasteiger partial charge is 0.545 e. The number of carbonyl (C=O) groups is 2. The summed E-state index contributed by atoms with van der Waals surface area (Å²) in [5.74, 6) is -1.94. The molecule has 0 spiro atoms. The lowest BCUT2D eigenvalue weighted by atomic mass is 10.1. The first-order valence-electron chi connectivity index (χ1n) is 5.47. The summed E-state index contributed by atoms with van der Waals surface area (Å²) in [5.41, 5.74) is 1.24. The lowest BCUT2D eigenvalue weighted by molar-refractivity contribution is -0.384.